The highest BCUT2D eigenvalue weighted by Crippen LogP contribution is 2.35. The van der Waals surface area contributed by atoms with Gasteiger partial charge >= 0.3 is 6.09 Å². The van der Waals surface area contributed by atoms with E-state index in [9.17, 15) is 9.59 Å². The van der Waals surface area contributed by atoms with E-state index < -0.39 is 6.09 Å². The molecular formula is C25H19ClN8O3. The number of aromatic amines is 1. The second kappa shape index (κ2) is 9.03. The van der Waals surface area contributed by atoms with Crippen LogP contribution in [0.2, 0.25) is 5.02 Å². The summed E-state index contributed by atoms with van der Waals surface area (Å²) < 4.78 is 3.27. The second-order valence-corrected chi connectivity index (χ2v) is 9.01. The monoisotopic (exact) mass is 514 g/mol. The highest BCUT2D eigenvalue weighted by atomic mass is 35.5. The normalized spacial score (nSPS) is 14.5. The number of imidazole rings is 1. The van der Waals surface area contributed by atoms with Crippen molar-refractivity contribution < 1.29 is 9.90 Å². The Balaban J connectivity index is 1.37. The van der Waals surface area contributed by atoms with Gasteiger partial charge in [-0.15, -0.1) is 5.10 Å². The smallest absolute Gasteiger partial charge is 0.409 e. The predicted molar refractivity (Wildman–Crippen MR) is 136 cm³/mol. The molecule has 2 aromatic carbocycles. The lowest BCUT2D eigenvalue weighted by Crippen LogP contribution is -2.23. The summed E-state index contributed by atoms with van der Waals surface area (Å²) in [6, 6.07) is 15.7. The molecule has 37 heavy (non-hydrogen) atoms. The summed E-state index contributed by atoms with van der Waals surface area (Å²) in [5.41, 5.74) is 4.65. The van der Waals surface area contributed by atoms with E-state index in [0.29, 0.717) is 46.3 Å². The molecule has 0 aliphatic carbocycles. The van der Waals surface area contributed by atoms with Gasteiger partial charge < -0.3 is 14.7 Å². The number of nitrogens with one attached hydrogen (secondary N) is 2. The zero-order valence-electron chi connectivity index (χ0n) is 19.2. The number of aryl methyl sites for hydroxylation is 1. The Labute approximate surface area is 214 Å². The van der Waals surface area contributed by atoms with E-state index in [0.717, 1.165) is 16.8 Å². The molecule has 6 rings (SSSR count). The van der Waals surface area contributed by atoms with Crippen molar-refractivity contribution in [3.63, 3.8) is 0 Å². The number of H-pyrrole nitrogens is 1. The van der Waals surface area contributed by atoms with Crippen molar-refractivity contribution in [2.45, 2.75) is 18.9 Å². The molecule has 3 N–H and O–H groups in total. The molecule has 184 valence electrons. The Hall–Kier alpha value is -4.77. The van der Waals surface area contributed by atoms with Crippen LogP contribution in [0.25, 0.3) is 28.1 Å². The molecule has 0 unspecified atom stereocenters. The van der Waals surface area contributed by atoms with E-state index in [-0.39, 0.29) is 11.6 Å². The summed E-state index contributed by atoms with van der Waals surface area (Å²) in [6.07, 6.45) is 3.36. The molecule has 1 amide bonds. The number of amides is 1. The maximum atomic E-state index is 13.4. The van der Waals surface area contributed by atoms with Crippen LogP contribution in [0.5, 0.6) is 0 Å². The minimum atomic E-state index is -1.15. The Morgan fingerprint density at radius 1 is 1.14 bits per heavy atom. The summed E-state index contributed by atoms with van der Waals surface area (Å²) in [4.78, 5) is 32.4. The fraction of sp³-hybridized carbons (Fsp3) is 0.120. The van der Waals surface area contributed by atoms with Crippen LogP contribution >= 0.6 is 11.6 Å². The second-order valence-electron chi connectivity index (χ2n) is 8.57. The lowest BCUT2D eigenvalue weighted by Gasteiger charge is -2.15. The van der Waals surface area contributed by atoms with Crippen LogP contribution in [-0.4, -0.2) is 45.9 Å². The first-order valence-corrected chi connectivity index (χ1v) is 11.8. The van der Waals surface area contributed by atoms with E-state index >= 15 is 0 Å². The number of tetrazole rings is 1. The number of anilines is 1. The van der Waals surface area contributed by atoms with Gasteiger partial charge in [-0.25, -0.2) is 9.78 Å². The summed E-state index contributed by atoms with van der Waals surface area (Å²) in [7, 11) is 0. The van der Waals surface area contributed by atoms with Crippen molar-refractivity contribution in [1.29, 1.82) is 0 Å². The number of halogens is 1. The van der Waals surface area contributed by atoms with Gasteiger partial charge in [-0.05, 0) is 59.2 Å². The fourth-order valence-corrected chi connectivity index (χ4v) is 4.98. The minimum Gasteiger partial charge on any atom is -0.465 e. The molecular weight excluding hydrogens is 496 g/mol. The molecule has 11 nitrogen and oxygen atoms in total. The third kappa shape index (κ3) is 4.15. The molecule has 1 aliphatic rings. The first-order chi connectivity index (χ1) is 18.0. The number of rotatable bonds is 5. The number of nitrogens with zero attached hydrogens (tertiary/aromatic N) is 6. The molecule has 1 atom stereocenters. The molecule has 3 aromatic heterocycles. The van der Waals surface area contributed by atoms with Gasteiger partial charge in [-0.3, -0.25) is 10.1 Å². The third-order valence-electron chi connectivity index (χ3n) is 6.37. The van der Waals surface area contributed by atoms with E-state index in [1.54, 1.807) is 47.2 Å². The lowest BCUT2D eigenvalue weighted by molar-refractivity contribution is 0.210. The van der Waals surface area contributed by atoms with Gasteiger partial charge in [0.25, 0.3) is 5.56 Å². The predicted octanol–water partition coefficient (Wildman–Crippen LogP) is 4.16. The maximum Gasteiger partial charge on any atom is 0.409 e. The number of benzene rings is 2. The van der Waals surface area contributed by atoms with Gasteiger partial charge in [-0.1, -0.05) is 29.8 Å². The van der Waals surface area contributed by atoms with Gasteiger partial charge in [0.15, 0.2) is 0 Å². The van der Waals surface area contributed by atoms with Crippen LogP contribution in [0.1, 0.15) is 24.0 Å². The molecule has 0 spiro atoms. The fourth-order valence-electron chi connectivity index (χ4n) is 4.81. The van der Waals surface area contributed by atoms with Crippen molar-refractivity contribution in [1.82, 2.24) is 34.7 Å². The largest absolute Gasteiger partial charge is 0.465 e. The lowest BCUT2D eigenvalue weighted by atomic mass is 10.0. The number of hydrogen-bond donors (Lipinski definition) is 3. The summed E-state index contributed by atoms with van der Waals surface area (Å²) in [5, 5.41) is 23.5. The first kappa shape index (κ1) is 22.7. The molecule has 0 fully saturated rings. The highest BCUT2D eigenvalue weighted by Gasteiger charge is 2.28. The number of hydrogen-bond acceptors (Lipinski definition) is 6. The molecule has 0 radical (unpaired) electrons. The number of aromatic nitrogens is 7. The first-order valence-electron chi connectivity index (χ1n) is 11.4. The third-order valence-corrected chi connectivity index (χ3v) is 6.60. The molecule has 12 heteroatoms. The van der Waals surface area contributed by atoms with Crippen LogP contribution in [0.4, 0.5) is 10.5 Å². The van der Waals surface area contributed by atoms with Gasteiger partial charge in [0.2, 0.25) is 0 Å². The Morgan fingerprint density at radius 3 is 2.81 bits per heavy atom. The average molecular weight is 515 g/mol. The van der Waals surface area contributed by atoms with E-state index in [1.807, 2.05) is 18.2 Å². The Bertz CT molecular complexity index is 1690. The number of pyridine rings is 1. The van der Waals surface area contributed by atoms with E-state index in [4.69, 9.17) is 16.7 Å². The van der Waals surface area contributed by atoms with Crippen LogP contribution in [-0.2, 0) is 6.42 Å². The van der Waals surface area contributed by atoms with Gasteiger partial charge in [0.05, 0.1) is 29.3 Å². The SMILES string of the molecule is O=C(O)Nc1ccccc1-c1cnc([C@@H]2CCc3cc(-c4cc(Cl)ccc4-n4cnnn4)cc(=O)n32)[nH]1. The van der Waals surface area contributed by atoms with Crippen molar-refractivity contribution in [3.05, 3.63) is 94.0 Å². The van der Waals surface area contributed by atoms with Gasteiger partial charge in [-0.2, -0.15) is 4.68 Å². The molecule has 1 aliphatic heterocycles. The standard InChI is InChI=1S/C25H19ClN8O3/c26-15-5-7-21(33-13-28-31-32-33)18(11-15)14-9-16-6-8-22(34(16)23(35)10-14)24-27-12-20(29-24)17-3-1-2-4-19(17)30-25(36)37/h1-5,7,9-13,22,30H,6,8H2,(H,27,29)(H,36,37)/t22-/m0/s1. The zero-order chi connectivity index (χ0) is 25.5. The van der Waals surface area contributed by atoms with Gasteiger partial charge in [0, 0.05) is 27.9 Å². The van der Waals surface area contributed by atoms with Crippen LogP contribution < -0.4 is 10.9 Å². The van der Waals surface area contributed by atoms with Crippen LogP contribution in [0, 0.1) is 0 Å². The quantitative estimate of drug-likeness (QED) is 0.319. The number of fused-ring (bicyclic) bond motifs is 1. The molecule has 5 aromatic rings. The number of carbonyl (C=O) groups is 1. The van der Waals surface area contributed by atoms with Crippen molar-refractivity contribution >= 4 is 23.4 Å². The minimum absolute atomic E-state index is 0.163. The summed E-state index contributed by atoms with van der Waals surface area (Å²) >= 11 is 6.29. The molecule has 0 bridgehead atoms. The molecule has 4 heterocycles. The number of carboxylic acid groups (broad SMARTS) is 1. The van der Waals surface area contributed by atoms with E-state index in [1.165, 1.54) is 11.0 Å². The molecule has 0 saturated heterocycles. The topological polar surface area (TPSA) is 144 Å². The molecule has 0 saturated carbocycles. The Morgan fingerprint density at radius 2 is 2.00 bits per heavy atom. The summed E-state index contributed by atoms with van der Waals surface area (Å²) in [5.74, 6) is 0.630. The Kier molecular flexibility index (Phi) is 5.53. The van der Waals surface area contributed by atoms with Crippen LogP contribution in [0.15, 0.2) is 71.9 Å². The zero-order valence-corrected chi connectivity index (χ0v) is 19.9. The summed E-state index contributed by atoms with van der Waals surface area (Å²) in [6.45, 7) is 0. The maximum absolute atomic E-state index is 13.4. The van der Waals surface area contributed by atoms with Crippen LogP contribution in [0.3, 0.4) is 0 Å². The van der Waals surface area contributed by atoms with Crippen molar-refractivity contribution in [2.24, 2.45) is 0 Å². The van der Waals surface area contributed by atoms with E-state index in [2.05, 4.69) is 30.8 Å². The van der Waals surface area contributed by atoms with Crippen molar-refractivity contribution in [2.75, 3.05) is 5.32 Å². The number of para-hydroxylation sites is 1. The average Bonchev–Trinajstić information content (AvgIpc) is 3.64. The van der Waals surface area contributed by atoms with Crippen molar-refractivity contribution in [3.8, 4) is 28.1 Å². The van der Waals surface area contributed by atoms with Gasteiger partial charge in [0.1, 0.15) is 12.2 Å². The highest BCUT2D eigenvalue weighted by molar-refractivity contribution is 6.31.